The van der Waals surface area contributed by atoms with Crippen LogP contribution in [0.4, 0.5) is 9.80 Å². The van der Waals surface area contributed by atoms with Crippen molar-refractivity contribution in [3.05, 3.63) is 52.3 Å². The third-order valence-electron chi connectivity index (χ3n) is 5.14. The van der Waals surface area contributed by atoms with Crippen LogP contribution in [0.25, 0.3) is 5.65 Å². The second-order valence-corrected chi connectivity index (χ2v) is 9.28. The van der Waals surface area contributed by atoms with E-state index in [4.69, 9.17) is 5.11 Å². The van der Waals surface area contributed by atoms with Crippen molar-refractivity contribution in [1.82, 2.24) is 20.0 Å². The summed E-state index contributed by atoms with van der Waals surface area (Å²) < 4.78 is 1.89. The van der Waals surface area contributed by atoms with Gasteiger partial charge >= 0.3 is 6.03 Å². The number of nitrogens with one attached hydrogen (secondary N) is 2. The normalized spacial score (nSPS) is 12.1. The molecule has 0 aliphatic carbocycles. The maximum atomic E-state index is 13.2. The van der Waals surface area contributed by atoms with Gasteiger partial charge in [-0.15, -0.1) is 11.3 Å². The Labute approximate surface area is 201 Å². The standard InChI is InChI=1S/C23H29N5O5S/c1-14(2)11-28(23(33)24-3)22-17(13-30)20(21(32)26-10-16(31)12-29)18(34-22)8-15-9-25-19-6-4-5-7-27(15)19/h4-7,9,13-14,16,29,31H,8,10-12H2,1-3H3,(H,24,33)(H,26,32)/t16-/m0/s1. The quantitative estimate of drug-likeness (QED) is 0.321. The smallest absolute Gasteiger partial charge is 0.322 e. The van der Waals surface area contributed by atoms with Crippen molar-refractivity contribution < 1.29 is 24.6 Å². The number of urea groups is 1. The predicted molar refractivity (Wildman–Crippen MR) is 130 cm³/mol. The van der Waals surface area contributed by atoms with Crippen molar-refractivity contribution in [2.45, 2.75) is 26.4 Å². The van der Waals surface area contributed by atoms with E-state index in [0.29, 0.717) is 29.1 Å². The summed E-state index contributed by atoms with van der Waals surface area (Å²) in [7, 11) is 1.51. The number of aromatic nitrogens is 2. The minimum Gasteiger partial charge on any atom is -0.394 e. The van der Waals surface area contributed by atoms with Crippen molar-refractivity contribution in [3.63, 3.8) is 0 Å². The molecule has 1 atom stereocenters. The molecule has 3 aromatic rings. The topological polar surface area (TPSA) is 136 Å². The van der Waals surface area contributed by atoms with E-state index in [1.165, 1.54) is 23.3 Å². The van der Waals surface area contributed by atoms with E-state index in [1.807, 2.05) is 42.6 Å². The average Bonchev–Trinajstić information content (AvgIpc) is 3.41. The monoisotopic (exact) mass is 487 g/mol. The molecule has 0 saturated heterocycles. The first-order chi connectivity index (χ1) is 16.3. The number of pyridine rings is 1. The maximum Gasteiger partial charge on any atom is 0.322 e. The van der Waals surface area contributed by atoms with Gasteiger partial charge in [-0.3, -0.25) is 14.5 Å². The lowest BCUT2D eigenvalue weighted by molar-refractivity contribution is 0.0800. The summed E-state index contributed by atoms with van der Waals surface area (Å²) in [5, 5.41) is 24.3. The molecule has 3 rings (SSSR count). The molecule has 3 heterocycles. The van der Waals surface area contributed by atoms with Crippen LogP contribution < -0.4 is 15.5 Å². The molecule has 0 spiro atoms. The molecule has 0 bridgehead atoms. The molecular formula is C23H29N5O5S. The number of amides is 3. The molecular weight excluding hydrogens is 458 g/mol. The van der Waals surface area contributed by atoms with E-state index in [-0.39, 0.29) is 29.6 Å². The van der Waals surface area contributed by atoms with E-state index in [1.54, 1.807) is 6.20 Å². The summed E-state index contributed by atoms with van der Waals surface area (Å²) in [5.74, 6) is -0.458. The second-order valence-electron chi connectivity index (χ2n) is 8.20. The highest BCUT2D eigenvalue weighted by Gasteiger charge is 2.29. The second kappa shape index (κ2) is 11.2. The summed E-state index contributed by atoms with van der Waals surface area (Å²) in [6.07, 6.45) is 3.31. The molecule has 34 heavy (non-hydrogen) atoms. The van der Waals surface area contributed by atoms with Gasteiger partial charge in [0.2, 0.25) is 0 Å². The molecule has 11 heteroatoms. The Morgan fingerprint density at radius 2 is 2.09 bits per heavy atom. The van der Waals surface area contributed by atoms with Crippen LogP contribution in [-0.2, 0) is 6.42 Å². The van der Waals surface area contributed by atoms with Gasteiger partial charge in [0.05, 0.1) is 23.8 Å². The number of thiophene rings is 1. The van der Waals surface area contributed by atoms with Gasteiger partial charge in [0.1, 0.15) is 10.6 Å². The lowest BCUT2D eigenvalue weighted by Crippen LogP contribution is -2.40. The Kier molecular flexibility index (Phi) is 8.37. The van der Waals surface area contributed by atoms with Gasteiger partial charge in [0, 0.05) is 49.5 Å². The van der Waals surface area contributed by atoms with Crippen LogP contribution in [0.2, 0.25) is 0 Å². The summed E-state index contributed by atoms with van der Waals surface area (Å²) in [6.45, 7) is 3.56. The number of fused-ring (bicyclic) bond motifs is 1. The van der Waals surface area contributed by atoms with Gasteiger partial charge in [0.15, 0.2) is 6.29 Å². The van der Waals surface area contributed by atoms with Crippen molar-refractivity contribution in [2.75, 3.05) is 31.6 Å². The average molecular weight is 488 g/mol. The number of nitrogens with zero attached hydrogens (tertiary/aromatic N) is 3. The molecule has 4 N–H and O–H groups in total. The third-order valence-corrected chi connectivity index (χ3v) is 6.37. The van der Waals surface area contributed by atoms with E-state index >= 15 is 0 Å². The van der Waals surface area contributed by atoms with Crippen LogP contribution in [0.5, 0.6) is 0 Å². The lowest BCUT2D eigenvalue weighted by atomic mass is 10.1. The molecule has 0 aliphatic rings. The van der Waals surface area contributed by atoms with E-state index in [2.05, 4.69) is 15.6 Å². The fourth-order valence-electron chi connectivity index (χ4n) is 3.57. The molecule has 3 aromatic heterocycles. The number of aldehydes is 1. The zero-order chi connectivity index (χ0) is 24.8. The third kappa shape index (κ3) is 5.44. The van der Waals surface area contributed by atoms with Gasteiger partial charge in [-0.05, 0) is 18.1 Å². The molecule has 0 fully saturated rings. The number of hydrogen-bond acceptors (Lipinski definition) is 7. The minimum absolute atomic E-state index is 0.106. The molecule has 10 nitrogen and oxygen atoms in total. The minimum atomic E-state index is -1.13. The largest absolute Gasteiger partial charge is 0.394 e. The van der Waals surface area contributed by atoms with E-state index in [0.717, 1.165) is 11.3 Å². The summed E-state index contributed by atoms with van der Waals surface area (Å²) in [6, 6.07) is 5.22. The van der Waals surface area contributed by atoms with Crippen molar-refractivity contribution in [2.24, 2.45) is 5.92 Å². The van der Waals surface area contributed by atoms with Crippen molar-refractivity contribution in [1.29, 1.82) is 0 Å². The lowest BCUT2D eigenvalue weighted by Gasteiger charge is -2.23. The van der Waals surface area contributed by atoms with Crippen molar-refractivity contribution >= 4 is 40.2 Å². The van der Waals surface area contributed by atoms with Crippen LogP contribution in [0.15, 0.2) is 30.6 Å². The van der Waals surface area contributed by atoms with E-state index < -0.39 is 18.6 Å². The van der Waals surface area contributed by atoms with Gasteiger partial charge in [-0.1, -0.05) is 19.9 Å². The van der Waals surface area contributed by atoms with Gasteiger partial charge < -0.3 is 25.2 Å². The number of carbonyl (C=O) groups is 3. The molecule has 0 aromatic carbocycles. The van der Waals surface area contributed by atoms with Crippen molar-refractivity contribution in [3.8, 4) is 0 Å². The molecule has 0 radical (unpaired) electrons. The summed E-state index contributed by atoms with van der Waals surface area (Å²) >= 11 is 1.20. The van der Waals surface area contributed by atoms with Gasteiger partial charge in [0.25, 0.3) is 5.91 Å². The fourth-order valence-corrected chi connectivity index (χ4v) is 4.85. The Bertz CT molecular complexity index is 1170. The number of carbonyl (C=O) groups excluding carboxylic acids is 3. The number of aliphatic hydroxyl groups excluding tert-OH is 2. The number of anilines is 1. The predicted octanol–water partition coefficient (Wildman–Crippen LogP) is 1.68. The first-order valence-electron chi connectivity index (χ1n) is 10.9. The molecule has 3 amide bonds. The SMILES string of the molecule is CNC(=O)N(CC(C)C)c1sc(Cc2cnc3ccccn23)c(C(=O)NC[C@H](O)CO)c1C=O. The Morgan fingerprint density at radius 1 is 1.32 bits per heavy atom. The summed E-state index contributed by atoms with van der Waals surface area (Å²) in [4.78, 5) is 44.5. The Balaban J connectivity index is 2.12. The first-order valence-corrected chi connectivity index (χ1v) is 11.7. The number of imidazole rings is 1. The molecule has 182 valence electrons. The Hall–Kier alpha value is -3.28. The Morgan fingerprint density at radius 3 is 2.74 bits per heavy atom. The summed E-state index contributed by atoms with van der Waals surface area (Å²) in [5.41, 5.74) is 1.80. The number of hydrogen-bond donors (Lipinski definition) is 4. The first kappa shape index (κ1) is 25.3. The number of aliphatic hydroxyl groups is 2. The highest BCUT2D eigenvalue weighted by Crippen LogP contribution is 2.37. The maximum absolute atomic E-state index is 13.2. The molecule has 0 aliphatic heterocycles. The van der Waals surface area contributed by atoms with Crippen LogP contribution in [0, 0.1) is 5.92 Å². The van der Waals surface area contributed by atoms with E-state index in [9.17, 15) is 19.5 Å². The molecule has 0 saturated carbocycles. The molecule has 0 unspecified atom stereocenters. The number of rotatable bonds is 10. The highest BCUT2D eigenvalue weighted by atomic mass is 32.1. The van der Waals surface area contributed by atoms with Crippen LogP contribution >= 0.6 is 11.3 Å². The zero-order valence-corrected chi connectivity index (χ0v) is 20.1. The van der Waals surface area contributed by atoms with Crippen LogP contribution in [0.3, 0.4) is 0 Å². The fraction of sp³-hybridized carbons (Fsp3) is 0.391. The van der Waals surface area contributed by atoms with Gasteiger partial charge in [-0.2, -0.15) is 0 Å². The van der Waals surface area contributed by atoms with Crippen LogP contribution in [0.1, 0.15) is 45.1 Å². The van der Waals surface area contributed by atoms with Crippen LogP contribution in [-0.4, -0.2) is 70.7 Å². The highest BCUT2D eigenvalue weighted by molar-refractivity contribution is 7.17. The van der Waals surface area contributed by atoms with Gasteiger partial charge in [-0.25, -0.2) is 9.78 Å². The zero-order valence-electron chi connectivity index (χ0n) is 19.3.